The van der Waals surface area contributed by atoms with Crippen LogP contribution in [-0.2, 0) is 28.9 Å². The van der Waals surface area contributed by atoms with Gasteiger partial charge in [0.15, 0.2) is 5.82 Å². The molecule has 0 unspecified atom stereocenters. The molecule has 144 valence electrons. The average Bonchev–Trinajstić information content (AvgIpc) is 3.37. The maximum Gasteiger partial charge on any atom is 0.240 e. The molecule has 3 aliphatic rings. The van der Waals surface area contributed by atoms with Crippen LogP contribution >= 0.6 is 11.3 Å². The third kappa shape index (κ3) is 3.09. The second-order valence-corrected chi connectivity index (χ2v) is 8.88. The van der Waals surface area contributed by atoms with Crippen molar-refractivity contribution in [3.8, 4) is 0 Å². The van der Waals surface area contributed by atoms with Crippen molar-refractivity contribution in [2.75, 3.05) is 37.7 Å². The Morgan fingerprint density at radius 3 is 2.93 bits per heavy atom. The molecule has 0 radical (unpaired) electrons. The van der Waals surface area contributed by atoms with Crippen LogP contribution in [0.25, 0.3) is 10.2 Å². The van der Waals surface area contributed by atoms with Crippen molar-refractivity contribution < 1.29 is 14.4 Å². The van der Waals surface area contributed by atoms with Crippen molar-refractivity contribution in [1.82, 2.24) is 9.97 Å². The molecular weight excluding hydrogens is 362 g/mol. The number of carbonyl (C=O) groups is 1. The first kappa shape index (κ1) is 17.3. The van der Waals surface area contributed by atoms with E-state index in [1.807, 2.05) is 11.3 Å². The van der Waals surface area contributed by atoms with Crippen LogP contribution in [0.3, 0.4) is 0 Å². The minimum atomic E-state index is -0.247. The number of carbonyl (C=O) groups excluding carboxylic acids is 1. The highest BCUT2D eigenvalue weighted by molar-refractivity contribution is 7.19. The molecule has 8 heteroatoms. The quantitative estimate of drug-likeness (QED) is 0.773. The summed E-state index contributed by atoms with van der Waals surface area (Å²) in [5.74, 6) is 1.58. The van der Waals surface area contributed by atoms with E-state index in [0.29, 0.717) is 0 Å². The molecule has 0 bridgehead atoms. The van der Waals surface area contributed by atoms with Crippen LogP contribution in [0.15, 0.2) is 0 Å². The van der Waals surface area contributed by atoms with Crippen LogP contribution < -0.4 is 15.5 Å². The van der Waals surface area contributed by atoms with Gasteiger partial charge in [0.1, 0.15) is 36.3 Å². The molecule has 1 atom stereocenters. The average molecular weight is 389 g/mol. The van der Waals surface area contributed by atoms with Gasteiger partial charge in [-0.25, -0.2) is 9.97 Å². The molecule has 0 aromatic carbocycles. The number of rotatable bonds is 4. The molecule has 27 heavy (non-hydrogen) atoms. The number of nitrogens with zero attached hydrogens (tertiary/aromatic N) is 3. The van der Waals surface area contributed by atoms with Gasteiger partial charge < -0.3 is 20.3 Å². The molecule has 1 amide bonds. The fourth-order valence-corrected chi connectivity index (χ4v) is 5.96. The van der Waals surface area contributed by atoms with Gasteiger partial charge in [0.25, 0.3) is 0 Å². The Labute approximate surface area is 162 Å². The van der Waals surface area contributed by atoms with E-state index in [0.717, 1.165) is 81.5 Å². The lowest BCUT2D eigenvalue weighted by atomic mass is 10.1. The lowest BCUT2D eigenvalue weighted by molar-refractivity contribution is -0.922. The first-order valence-corrected chi connectivity index (χ1v) is 10.8. The minimum absolute atomic E-state index is 0.244. The second-order valence-electron chi connectivity index (χ2n) is 7.79. The Kier molecular flexibility index (Phi) is 4.49. The minimum Gasteiger partial charge on any atom is -0.370 e. The van der Waals surface area contributed by atoms with E-state index in [1.54, 1.807) is 0 Å². The van der Waals surface area contributed by atoms with Crippen molar-refractivity contribution in [2.24, 2.45) is 5.73 Å². The van der Waals surface area contributed by atoms with Crippen molar-refractivity contribution in [3.05, 3.63) is 16.3 Å². The maximum atomic E-state index is 12.0. The number of aryl methyl sites for hydroxylation is 2. The number of thiophene rings is 1. The van der Waals surface area contributed by atoms with Crippen LogP contribution in [0.2, 0.25) is 0 Å². The van der Waals surface area contributed by atoms with Gasteiger partial charge in [0, 0.05) is 11.4 Å². The lowest BCUT2D eigenvalue weighted by Crippen LogP contribution is -3.12. The number of aromatic nitrogens is 2. The zero-order chi connectivity index (χ0) is 18.4. The van der Waals surface area contributed by atoms with Crippen molar-refractivity contribution in [2.45, 2.75) is 44.7 Å². The van der Waals surface area contributed by atoms with Gasteiger partial charge in [-0.15, -0.1) is 11.3 Å². The molecule has 2 fully saturated rings. The summed E-state index contributed by atoms with van der Waals surface area (Å²) in [6.45, 7) is 5.23. The summed E-state index contributed by atoms with van der Waals surface area (Å²) in [5, 5.41) is 1.18. The summed E-state index contributed by atoms with van der Waals surface area (Å²) in [7, 11) is 0. The van der Waals surface area contributed by atoms with Crippen molar-refractivity contribution in [1.29, 1.82) is 0 Å². The van der Waals surface area contributed by atoms with E-state index >= 15 is 0 Å². The molecule has 4 heterocycles. The predicted molar refractivity (Wildman–Crippen MR) is 104 cm³/mol. The highest BCUT2D eigenvalue weighted by Crippen LogP contribution is 2.41. The number of morpholine rings is 1. The maximum absolute atomic E-state index is 12.0. The van der Waals surface area contributed by atoms with E-state index in [2.05, 4.69) is 4.90 Å². The van der Waals surface area contributed by atoms with Crippen LogP contribution in [0.5, 0.6) is 0 Å². The largest absolute Gasteiger partial charge is 0.370 e. The molecular formula is C19H26N5O2S+. The molecule has 0 saturated carbocycles. The van der Waals surface area contributed by atoms with E-state index in [1.165, 1.54) is 27.1 Å². The SMILES string of the molecule is NC(=O)[C@@H]1CCCN1c1nc(C[NH+]2CCOCC2)nc2sc3c(c12)CCC3. The standard InChI is InChI=1S/C19H25N5O2S/c20-17(25)13-4-2-6-24(13)18-16-12-3-1-5-14(12)27-19(16)22-15(21-18)11-23-7-9-26-10-8-23/h13H,1-11H2,(H2,20,25)/p+1/t13-/m0/s1. The lowest BCUT2D eigenvalue weighted by Gasteiger charge is -2.26. The van der Waals surface area contributed by atoms with Gasteiger partial charge in [-0.2, -0.15) is 0 Å². The van der Waals surface area contributed by atoms with E-state index in [-0.39, 0.29) is 11.9 Å². The Balaban J connectivity index is 1.58. The molecule has 2 saturated heterocycles. The van der Waals surface area contributed by atoms with Gasteiger partial charge >= 0.3 is 0 Å². The molecule has 1 aliphatic carbocycles. The molecule has 5 rings (SSSR count). The van der Waals surface area contributed by atoms with Crippen molar-refractivity contribution in [3.63, 3.8) is 0 Å². The second kappa shape index (κ2) is 7.00. The highest BCUT2D eigenvalue weighted by Gasteiger charge is 2.34. The number of nitrogens with two attached hydrogens (primary N) is 1. The number of fused-ring (bicyclic) bond motifs is 3. The number of anilines is 1. The number of amides is 1. The molecule has 7 nitrogen and oxygen atoms in total. The fraction of sp³-hybridized carbons (Fsp3) is 0.632. The summed E-state index contributed by atoms with van der Waals surface area (Å²) >= 11 is 1.82. The predicted octanol–water partition coefficient (Wildman–Crippen LogP) is 0.0492. The van der Waals surface area contributed by atoms with Crippen LogP contribution in [0.4, 0.5) is 5.82 Å². The van der Waals surface area contributed by atoms with E-state index in [9.17, 15) is 4.79 Å². The smallest absolute Gasteiger partial charge is 0.240 e. The van der Waals surface area contributed by atoms with E-state index < -0.39 is 0 Å². The van der Waals surface area contributed by atoms with Crippen molar-refractivity contribution >= 4 is 33.3 Å². The van der Waals surface area contributed by atoms with Gasteiger partial charge in [0.05, 0.1) is 18.6 Å². The first-order chi connectivity index (χ1) is 13.2. The fourth-order valence-electron chi connectivity index (χ4n) is 4.68. The number of primary amides is 1. The number of nitrogens with one attached hydrogen (secondary N) is 1. The number of ether oxygens (including phenoxy) is 1. The summed E-state index contributed by atoms with van der Waals surface area (Å²) in [4.78, 5) is 28.1. The Morgan fingerprint density at radius 1 is 1.26 bits per heavy atom. The molecule has 2 aromatic heterocycles. The van der Waals surface area contributed by atoms with Crippen LogP contribution in [0.1, 0.15) is 35.5 Å². The highest BCUT2D eigenvalue weighted by atomic mass is 32.1. The number of hydrogen-bond donors (Lipinski definition) is 2. The topological polar surface area (TPSA) is 85.8 Å². The Hall–Kier alpha value is -1.77. The first-order valence-electron chi connectivity index (χ1n) is 9.99. The zero-order valence-corrected chi connectivity index (χ0v) is 16.3. The normalized spacial score (nSPS) is 23.3. The summed E-state index contributed by atoms with van der Waals surface area (Å²) < 4.78 is 5.48. The molecule has 3 N–H and O–H groups in total. The monoisotopic (exact) mass is 388 g/mol. The Morgan fingerprint density at radius 2 is 2.11 bits per heavy atom. The molecule has 2 aromatic rings. The van der Waals surface area contributed by atoms with E-state index in [4.69, 9.17) is 20.4 Å². The van der Waals surface area contributed by atoms with Gasteiger partial charge in [-0.05, 0) is 37.7 Å². The summed E-state index contributed by atoms with van der Waals surface area (Å²) in [6.07, 6.45) is 5.23. The summed E-state index contributed by atoms with van der Waals surface area (Å²) in [6, 6.07) is -0.247. The molecule has 2 aliphatic heterocycles. The third-order valence-corrected chi connectivity index (χ3v) is 7.24. The molecule has 0 spiro atoms. The zero-order valence-electron chi connectivity index (χ0n) is 15.5. The van der Waals surface area contributed by atoms with Crippen LogP contribution in [-0.4, -0.2) is 54.8 Å². The van der Waals surface area contributed by atoms with Gasteiger partial charge in [0.2, 0.25) is 5.91 Å². The van der Waals surface area contributed by atoms with Crippen LogP contribution in [0, 0.1) is 0 Å². The summed E-state index contributed by atoms with van der Waals surface area (Å²) in [5.41, 5.74) is 7.11. The Bertz CT molecular complexity index is 877. The number of quaternary nitrogens is 1. The third-order valence-electron chi connectivity index (χ3n) is 6.05. The van der Waals surface area contributed by atoms with Gasteiger partial charge in [-0.1, -0.05) is 0 Å². The van der Waals surface area contributed by atoms with Gasteiger partial charge in [-0.3, -0.25) is 4.79 Å². The number of hydrogen-bond acceptors (Lipinski definition) is 6.